The Hall–Kier alpha value is -2.87. The highest BCUT2D eigenvalue weighted by atomic mass is 32.1. The maximum Gasteiger partial charge on any atom is 0.326 e. The van der Waals surface area contributed by atoms with Crippen LogP contribution in [0, 0.1) is 5.92 Å². The minimum Gasteiger partial charge on any atom is -0.481 e. The van der Waals surface area contributed by atoms with E-state index < -0.39 is 66.2 Å². The number of carbonyl (C=O) groups excluding carboxylic acids is 4. The second-order valence-electron chi connectivity index (χ2n) is 7.54. The van der Waals surface area contributed by atoms with Crippen LogP contribution >= 0.6 is 12.6 Å². The molecule has 0 aliphatic rings. The van der Waals surface area contributed by atoms with Crippen LogP contribution in [0.2, 0.25) is 0 Å². The lowest BCUT2D eigenvalue weighted by Crippen LogP contribution is -2.57. The summed E-state index contributed by atoms with van der Waals surface area (Å²) in [7, 11) is 0. The topological polar surface area (TPSA) is 231 Å². The van der Waals surface area contributed by atoms with Crippen LogP contribution in [0.15, 0.2) is 0 Å². The number of hydrogen-bond acceptors (Lipinski definition) is 8. The second kappa shape index (κ2) is 14.2. The minimum atomic E-state index is -1.64. The average Bonchev–Trinajstić information content (AvgIpc) is 2.67. The second-order valence-corrected chi connectivity index (χ2v) is 7.91. The minimum absolute atomic E-state index is 0.0216. The number of thiol groups is 1. The standard InChI is InChI=1S/C18H31N5O8S/c1-8(2)5-11(22-15(27)9(19)7-32)16(28)23-12(6-14(25)26)17(29)21-10(18(30)31)3-4-13(20)24/h8-12,32H,3-7,19H2,1-2H3,(H2,20,24)(H,21,29)(H,22,27)(H,23,28)(H,25,26)(H,30,31). The Morgan fingerprint density at radius 1 is 0.875 bits per heavy atom. The fraction of sp³-hybridized carbons (Fsp3) is 0.667. The van der Waals surface area contributed by atoms with E-state index in [0.717, 1.165) is 0 Å². The molecule has 0 radical (unpaired) electrons. The highest BCUT2D eigenvalue weighted by Gasteiger charge is 2.31. The molecule has 0 heterocycles. The predicted octanol–water partition coefficient (Wildman–Crippen LogP) is -2.43. The van der Waals surface area contributed by atoms with E-state index in [-0.39, 0.29) is 30.9 Å². The smallest absolute Gasteiger partial charge is 0.326 e. The van der Waals surface area contributed by atoms with Gasteiger partial charge in [0.15, 0.2) is 0 Å². The Bertz CT molecular complexity index is 717. The fourth-order valence-corrected chi connectivity index (χ4v) is 2.70. The molecule has 4 atom stereocenters. The lowest BCUT2D eigenvalue weighted by molar-refractivity contribution is -0.143. The van der Waals surface area contributed by atoms with Gasteiger partial charge in [-0.3, -0.25) is 24.0 Å². The Morgan fingerprint density at radius 3 is 1.81 bits per heavy atom. The van der Waals surface area contributed by atoms with E-state index >= 15 is 0 Å². The molecule has 32 heavy (non-hydrogen) atoms. The van der Waals surface area contributed by atoms with Gasteiger partial charge >= 0.3 is 11.9 Å². The van der Waals surface area contributed by atoms with Gasteiger partial charge in [0, 0.05) is 12.2 Å². The first-order chi connectivity index (χ1) is 14.8. The summed E-state index contributed by atoms with van der Waals surface area (Å²) in [6.45, 7) is 3.56. The molecule has 14 heteroatoms. The third kappa shape index (κ3) is 11.5. The number of primary amides is 1. The summed E-state index contributed by atoms with van der Waals surface area (Å²) in [4.78, 5) is 70.7. The monoisotopic (exact) mass is 477 g/mol. The van der Waals surface area contributed by atoms with E-state index in [4.69, 9.17) is 16.6 Å². The molecule has 4 unspecified atom stereocenters. The van der Waals surface area contributed by atoms with Gasteiger partial charge in [-0.2, -0.15) is 12.6 Å². The molecular weight excluding hydrogens is 446 g/mol. The molecular formula is C18H31N5O8S. The van der Waals surface area contributed by atoms with Crippen molar-refractivity contribution >= 4 is 48.2 Å². The van der Waals surface area contributed by atoms with Crippen molar-refractivity contribution in [2.24, 2.45) is 17.4 Å². The van der Waals surface area contributed by atoms with Crippen molar-refractivity contribution in [2.45, 2.75) is 63.7 Å². The maximum absolute atomic E-state index is 12.7. The highest BCUT2D eigenvalue weighted by molar-refractivity contribution is 7.80. The Labute approximate surface area is 190 Å². The lowest BCUT2D eigenvalue weighted by Gasteiger charge is -2.25. The molecule has 13 nitrogen and oxygen atoms in total. The van der Waals surface area contributed by atoms with Crippen LogP contribution in [0.3, 0.4) is 0 Å². The first-order valence-electron chi connectivity index (χ1n) is 9.78. The van der Waals surface area contributed by atoms with Gasteiger partial charge in [-0.05, 0) is 18.8 Å². The molecule has 0 saturated heterocycles. The highest BCUT2D eigenvalue weighted by Crippen LogP contribution is 2.07. The van der Waals surface area contributed by atoms with Crippen LogP contribution in [-0.2, 0) is 28.8 Å². The van der Waals surface area contributed by atoms with Crippen LogP contribution in [0.1, 0.15) is 39.5 Å². The molecule has 0 aromatic carbocycles. The zero-order valence-electron chi connectivity index (χ0n) is 17.9. The number of aliphatic carboxylic acids is 2. The van der Waals surface area contributed by atoms with Gasteiger partial charge in [-0.15, -0.1) is 0 Å². The summed E-state index contributed by atoms with van der Waals surface area (Å²) in [6, 6.07) is -5.27. The summed E-state index contributed by atoms with van der Waals surface area (Å²) >= 11 is 3.92. The molecule has 0 bridgehead atoms. The largest absolute Gasteiger partial charge is 0.481 e. The van der Waals surface area contributed by atoms with Crippen molar-refractivity contribution in [3.8, 4) is 0 Å². The summed E-state index contributed by atoms with van der Waals surface area (Å²) in [5.74, 6) is -6.31. The molecule has 0 saturated carbocycles. The quantitative estimate of drug-likeness (QED) is 0.117. The van der Waals surface area contributed by atoms with Crippen LogP contribution in [0.4, 0.5) is 0 Å². The predicted molar refractivity (Wildman–Crippen MR) is 115 cm³/mol. The van der Waals surface area contributed by atoms with E-state index in [1.54, 1.807) is 13.8 Å². The van der Waals surface area contributed by atoms with Crippen LogP contribution < -0.4 is 27.4 Å². The van der Waals surface area contributed by atoms with Gasteiger partial charge in [0.05, 0.1) is 12.5 Å². The first-order valence-corrected chi connectivity index (χ1v) is 10.4. The number of nitrogens with two attached hydrogens (primary N) is 2. The lowest BCUT2D eigenvalue weighted by atomic mass is 10.0. The number of amides is 4. The normalized spacial score (nSPS) is 14.5. The van der Waals surface area contributed by atoms with Crippen LogP contribution in [0.25, 0.3) is 0 Å². The van der Waals surface area contributed by atoms with Gasteiger partial charge in [-0.25, -0.2) is 4.79 Å². The van der Waals surface area contributed by atoms with Crippen LogP contribution in [-0.4, -0.2) is 75.7 Å². The molecule has 0 spiro atoms. The van der Waals surface area contributed by atoms with E-state index in [9.17, 15) is 33.9 Å². The molecule has 182 valence electrons. The van der Waals surface area contributed by atoms with E-state index in [1.807, 2.05) is 0 Å². The number of carboxylic acid groups (broad SMARTS) is 2. The van der Waals surface area contributed by atoms with Crippen molar-refractivity contribution in [1.82, 2.24) is 16.0 Å². The molecule has 4 amide bonds. The van der Waals surface area contributed by atoms with E-state index in [1.165, 1.54) is 0 Å². The first kappa shape index (κ1) is 29.1. The van der Waals surface area contributed by atoms with Crippen molar-refractivity contribution < 1.29 is 39.0 Å². The van der Waals surface area contributed by atoms with Crippen molar-refractivity contribution in [1.29, 1.82) is 0 Å². The van der Waals surface area contributed by atoms with Gasteiger partial charge in [0.1, 0.15) is 18.1 Å². The number of carboxylic acids is 2. The van der Waals surface area contributed by atoms with Gasteiger partial charge in [0.25, 0.3) is 0 Å². The Kier molecular flexibility index (Phi) is 13.0. The summed E-state index contributed by atoms with van der Waals surface area (Å²) in [5.41, 5.74) is 10.6. The third-order valence-corrected chi connectivity index (χ3v) is 4.57. The zero-order chi connectivity index (χ0) is 25.0. The molecule has 0 aliphatic carbocycles. The fourth-order valence-electron chi connectivity index (χ4n) is 2.54. The average molecular weight is 478 g/mol. The summed E-state index contributed by atoms with van der Waals surface area (Å²) in [6.07, 6.45) is -1.34. The van der Waals surface area contributed by atoms with Gasteiger partial charge in [-0.1, -0.05) is 13.8 Å². The SMILES string of the molecule is CC(C)CC(NC(=O)C(N)CS)C(=O)NC(CC(=O)O)C(=O)NC(CCC(N)=O)C(=O)O. The van der Waals surface area contributed by atoms with Gasteiger partial charge < -0.3 is 37.6 Å². The van der Waals surface area contributed by atoms with Gasteiger partial charge in [0.2, 0.25) is 23.6 Å². The van der Waals surface area contributed by atoms with Crippen molar-refractivity contribution in [3.63, 3.8) is 0 Å². The Balaban J connectivity index is 5.49. The molecule has 0 fully saturated rings. The number of carbonyl (C=O) groups is 6. The maximum atomic E-state index is 12.7. The van der Waals surface area contributed by atoms with E-state index in [2.05, 4.69) is 28.6 Å². The van der Waals surface area contributed by atoms with E-state index in [0.29, 0.717) is 0 Å². The third-order valence-electron chi connectivity index (χ3n) is 4.18. The number of rotatable bonds is 15. The molecule has 0 rings (SSSR count). The molecule has 0 aromatic heterocycles. The molecule has 0 aliphatic heterocycles. The molecule has 9 N–H and O–H groups in total. The Morgan fingerprint density at radius 2 is 1.38 bits per heavy atom. The van der Waals surface area contributed by atoms with Crippen LogP contribution in [0.5, 0.6) is 0 Å². The molecule has 0 aromatic rings. The zero-order valence-corrected chi connectivity index (χ0v) is 18.8. The van der Waals surface area contributed by atoms with Crippen molar-refractivity contribution in [2.75, 3.05) is 5.75 Å². The summed E-state index contributed by atoms with van der Waals surface area (Å²) in [5, 5.41) is 25.1. The number of nitrogens with one attached hydrogen (secondary N) is 3. The van der Waals surface area contributed by atoms with Crippen molar-refractivity contribution in [3.05, 3.63) is 0 Å². The summed E-state index contributed by atoms with van der Waals surface area (Å²) < 4.78 is 0. The number of hydrogen-bond donors (Lipinski definition) is 8.